The Balaban J connectivity index is 1.66. The summed E-state index contributed by atoms with van der Waals surface area (Å²) in [5.74, 6) is 0.943. The number of ether oxygens (including phenoxy) is 1. The van der Waals surface area contributed by atoms with Gasteiger partial charge in [0.15, 0.2) is 0 Å². The lowest BCUT2D eigenvalue weighted by Gasteiger charge is -2.07. The Kier molecular flexibility index (Phi) is 5.44. The molecule has 0 unspecified atom stereocenters. The number of hydrogen-bond acceptors (Lipinski definition) is 3. The highest BCUT2D eigenvalue weighted by atomic mass is 16.5. The summed E-state index contributed by atoms with van der Waals surface area (Å²) < 4.78 is 7.44. The number of hydrogen-bond donors (Lipinski definition) is 1. The Morgan fingerprint density at radius 1 is 1.32 bits per heavy atom. The fourth-order valence-electron chi connectivity index (χ4n) is 1.94. The molecule has 1 N–H and O–H groups in total. The van der Waals surface area contributed by atoms with Crippen molar-refractivity contribution >= 4 is 0 Å². The molecule has 1 aromatic carbocycles. The first-order valence-corrected chi connectivity index (χ1v) is 6.78. The first kappa shape index (κ1) is 13.6. The average molecular weight is 259 g/mol. The van der Waals surface area contributed by atoms with Crippen LogP contribution in [-0.2, 0) is 13.1 Å². The minimum absolute atomic E-state index is 0.709. The normalized spacial score (nSPS) is 10.6. The minimum atomic E-state index is 0.709. The van der Waals surface area contributed by atoms with Crippen LogP contribution in [-0.4, -0.2) is 22.9 Å². The number of rotatable bonds is 8. The van der Waals surface area contributed by atoms with E-state index in [0.717, 1.165) is 31.8 Å². The molecule has 0 aliphatic carbocycles. The van der Waals surface area contributed by atoms with E-state index in [1.54, 1.807) is 0 Å². The Morgan fingerprint density at radius 2 is 2.26 bits per heavy atom. The van der Waals surface area contributed by atoms with E-state index >= 15 is 0 Å². The van der Waals surface area contributed by atoms with Gasteiger partial charge in [0.05, 0.1) is 6.61 Å². The molecule has 0 bridgehead atoms. The topological polar surface area (TPSA) is 39.1 Å². The Hall–Kier alpha value is -1.81. The van der Waals surface area contributed by atoms with Gasteiger partial charge >= 0.3 is 0 Å². The molecule has 19 heavy (non-hydrogen) atoms. The third-order valence-corrected chi connectivity index (χ3v) is 2.84. The molecule has 4 nitrogen and oxygen atoms in total. The largest absolute Gasteiger partial charge is 0.494 e. The molecule has 0 saturated heterocycles. The van der Waals surface area contributed by atoms with E-state index in [2.05, 4.69) is 22.5 Å². The fourth-order valence-corrected chi connectivity index (χ4v) is 1.94. The number of benzene rings is 1. The predicted octanol–water partition coefficient (Wildman–Crippen LogP) is 2.46. The van der Waals surface area contributed by atoms with E-state index in [1.165, 1.54) is 5.56 Å². The maximum atomic E-state index is 5.48. The zero-order chi connectivity index (χ0) is 13.3. The fraction of sp³-hybridized carbons (Fsp3) is 0.400. The number of nitrogens with zero attached hydrogens (tertiary/aromatic N) is 2. The van der Waals surface area contributed by atoms with E-state index in [1.807, 2.05) is 42.2 Å². The molecule has 0 aliphatic heterocycles. The van der Waals surface area contributed by atoms with Gasteiger partial charge in [-0.2, -0.15) is 5.10 Å². The van der Waals surface area contributed by atoms with Crippen molar-refractivity contribution in [3.8, 4) is 5.75 Å². The van der Waals surface area contributed by atoms with Gasteiger partial charge in [-0.3, -0.25) is 4.68 Å². The molecule has 1 aromatic heterocycles. The highest BCUT2D eigenvalue weighted by Crippen LogP contribution is 2.12. The lowest BCUT2D eigenvalue weighted by molar-refractivity contribution is 0.340. The third kappa shape index (κ3) is 4.75. The molecule has 0 fully saturated rings. The molecule has 2 rings (SSSR count). The quantitative estimate of drug-likeness (QED) is 0.740. The molecular weight excluding hydrogens is 238 g/mol. The summed E-state index contributed by atoms with van der Waals surface area (Å²) >= 11 is 0. The van der Waals surface area contributed by atoms with E-state index in [9.17, 15) is 0 Å². The molecule has 102 valence electrons. The maximum absolute atomic E-state index is 5.48. The monoisotopic (exact) mass is 259 g/mol. The van der Waals surface area contributed by atoms with Crippen LogP contribution in [0.2, 0.25) is 0 Å². The van der Waals surface area contributed by atoms with Gasteiger partial charge in [0, 0.05) is 25.5 Å². The molecule has 0 spiro atoms. The van der Waals surface area contributed by atoms with Gasteiger partial charge in [0.25, 0.3) is 0 Å². The predicted molar refractivity (Wildman–Crippen MR) is 76.2 cm³/mol. The highest BCUT2D eigenvalue weighted by molar-refractivity contribution is 5.28. The first-order valence-electron chi connectivity index (χ1n) is 6.78. The highest BCUT2D eigenvalue weighted by Gasteiger charge is 1.96. The van der Waals surface area contributed by atoms with Crippen LogP contribution in [0.25, 0.3) is 0 Å². The molecular formula is C15H21N3O. The summed E-state index contributed by atoms with van der Waals surface area (Å²) in [6, 6.07) is 10.2. The van der Waals surface area contributed by atoms with Gasteiger partial charge in [-0.15, -0.1) is 0 Å². The van der Waals surface area contributed by atoms with Crippen molar-refractivity contribution in [3.63, 3.8) is 0 Å². The summed E-state index contributed by atoms with van der Waals surface area (Å²) in [7, 11) is 0. The maximum Gasteiger partial charge on any atom is 0.119 e. The van der Waals surface area contributed by atoms with Crippen molar-refractivity contribution in [2.75, 3.05) is 13.2 Å². The van der Waals surface area contributed by atoms with E-state index in [4.69, 9.17) is 4.74 Å². The number of nitrogens with one attached hydrogen (secondary N) is 1. The molecule has 2 aromatic rings. The summed E-state index contributed by atoms with van der Waals surface area (Å²) in [4.78, 5) is 0. The lowest BCUT2D eigenvalue weighted by Crippen LogP contribution is -2.16. The first-order chi connectivity index (χ1) is 9.38. The summed E-state index contributed by atoms with van der Waals surface area (Å²) in [5.41, 5.74) is 1.25. The van der Waals surface area contributed by atoms with E-state index < -0.39 is 0 Å². The van der Waals surface area contributed by atoms with Gasteiger partial charge in [-0.1, -0.05) is 12.1 Å². The molecule has 0 saturated carbocycles. The van der Waals surface area contributed by atoms with E-state index in [-0.39, 0.29) is 0 Å². The van der Waals surface area contributed by atoms with Crippen molar-refractivity contribution < 1.29 is 4.74 Å². The molecule has 4 heteroatoms. The zero-order valence-corrected chi connectivity index (χ0v) is 11.4. The van der Waals surface area contributed by atoms with Crippen LogP contribution in [0.15, 0.2) is 42.7 Å². The van der Waals surface area contributed by atoms with E-state index in [0.29, 0.717) is 6.61 Å². The van der Waals surface area contributed by atoms with Crippen LogP contribution in [0.5, 0.6) is 5.75 Å². The smallest absolute Gasteiger partial charge is 0.119 e. The molecule has 1 heterocycles. The second-order valence-electron chi connectivity index (χ2n) is 4.38. The number of aromatic nitrogens is 2. The van der Waals surface area contributed by atoms with Gasteiger partial charge in [-0.25, -0.2) is 0 Å². The van der Waals surface area contributed by atoms with Gasteiger partial charge in [0.2, 0.25) is 0 Å². The van der Waals surface area contributed by atoms with Crippen molar-refractivity contribution in [2.24, 2.45) is 0 Å². The van der Waals surface area contributed by atoms with Crippen LogP contribution in [0.3, 0.4) is 0 Å². The summed E-state index contributed by atoms with van der Waals surface area (Å²) in [5, 5.41) is 7.61. The summed E-state index contributed by atoms with van der Waals surface area (Å²) in [6.07, 6.45) is 4.88. The number of aryl methyl sites for hydroxylation is 1. The van der Waals surface area contributed by atoms with Gasteiger partial charge in [-0.05, 0) is 43.7 Å². The third-order valence-electron chi connectivity index (χ3n) is 2.84. The standard InChI is InChI=1S/C15H21N3O/c1-2-19-15-7-3-6-14(12-15)13-16-8-4-10-18-11-5-9-17-18/h3,5-7,9,11-12,16H,2,4,8,10,13H2,1H3. The average Bonchev–Trinajstić information content (AvgIpc) is 2.92. The van der Waals surface area contributed by atoms with Crippen LogP contribution in [0.1, 0.15) is 18.9 Å². The van der Waals surface area contributed by atoms with Crippen LogP contribution in [0.4, 0.5) is 0 Å². The van der Waals surface area contributed by atoms with Gasteiger partial charge < -0.3 is 10.1 Å². The zero-order valence-electron chi connectivity index (χ0n) is 11.4. The Bertz CT molecular complexity index is 468. The lowest BCUT2D eigenvalue weighted by atomic mass is 10.2. The molecule has 0 amide bonds. The SMILES string of the molecule is CCOc1cccc(CNCCCn2cccn2)c1. The van der Waals surface area contributed by atoms with Crippen LogP contribution >= 0.6 is 0 Å². The van der Waals surface area contributed by atoms with Crippen molar-refractivity contribution in [2.45, 2.75) is 26.4 Å². The second-order valence-corrected chi connectivity index (χ2v) is 4.38. The van der Waals surface area contributed by atoms with Crippen molar-refractivity contribution in [1.82, 2.24) is 15.1 Å². The minimum Gasteiger partial charge on any atom is -0.494 e. The van der Waals surface area contributed by atoms with Crippen molar-refractivity contribution in [1.29, 1.82) is 0 Å². The Morgan fingerprint density at radius 3 is 3.05 bits per heavy atom. The molecule has 0 atom stereocenters. The second kappa shape index (κ2) is 7.59. The van der Waals surface area contributed by atoms with Gasteiger partial charge in [0.1, 0.15) is 5.75 Å². The van der Waals surface area contributed by atoms with Crippen molar-refractivity contribution in [3.05, 3.63) is 48.3 Å². The molecule has 0 aliphatic rings. The molecule has 0 radical (unpaired) electrons. The van der Waals surface area contributed by atoms with Crippen LogP contribution in [0, 0.1) is 0 Å². The summed E-state index contributed by atoms with van der Waals surface area (Å²) in [6.45, 7) is 5.53. The van der Waals surface area contributed by atoms with Crippen LogP contribution < -0.4 is 10.1 Å². The Labute approximate surface area is 114 Å².